The average molecular weight is 354 g/mol. The third-order valence-corrected chi connectivity index (χ3v) is 4.06. The van der Waals surface area contributed by atoms with Crippen molar-refractivity contribution in [2.24, 2.45) is 7.05 Å². The Morgan fingerprint density at radius 2 is 1.88 bits per heavy atom. The second-order valence-corrected chi connectivity index (χ2v) is 7.07. The van der Waals surface area contributed by atoms with Crippen LogP contribution in [-0.4, -0.2) is 26.3 Å². The third-order valence-electron chi connectivity index (χ3n) is 4.06. The van der Waals surface area contributed by atoms with Crippen molar-refractivity contribution in [3.05, 3.63) is 42.5 Å². The van der Waals surface area contributed by atoms with Crippen molar-refractivity contribution in [3.63, 3.8) is 0 Å². The first-order chi connectivity index (χ1) is 12.2. The van der Waals surface area contributed by atoms with Gasteiger partial charge in [0, 0.05) is 24.7 Å². The maximum Gasteiger partial charge on any atom is 0.412 e. The van der Waals surface area contributed by atoms with E-state index in [1.807, 2.05) is 40.0 Å². The molecule has 1 aromatic heterocycles. The number of fused-ring (bicyclic) bond motifs is 1. The van der Waals surface area contributed by atoms with Gasteiger partial charge in [-0.15, -0.1) is 0 Å². The van der Waals surface area contributed by atoms with Gasteiger partial charge in [-0.25, -0.2) is 9.78 Å². The van der Waals surface area contributed by atoms with Crippen molar-refractivity contribution >= 4 is 28.8 Å². The van der Waals surface area contributed by atoms with Crippen LogP contribution in [0, 0.1) is 0 Å². The van der Waals surface area contributed by atoms with Crippen LogP contribution in [0.1, 0.15) is 20.8 Å². The summed E-state index contributed by atoms with van der Waals surface area (Å²) in [6.45, 7) is 5.53. The first kappa shape index (κ1) is 17.6. The van der Waals surface area contributed by atoms with E-state index in [4.69, 9.17) is 10.5 Å². The number of nitrogens with two attached hydrogens (primary N) is 1. The number of nitrogen functional groups attached to an aromatic ring is 1. The lowest BCUT2D eigenvalue weighted by atomic mass is 10.1. The van der Waals surface area contributed by atoms with Gasteiger partial charge in [0.1, 0.15) is 11.5 Å². The standard InChI is InChI=1S/C19H22N4O3/c1-19(2,3)23(18(24)25)12-6-5-7-13(10-12)26-14-8-9-15-16(11-14)22(4)17(20)21-15/h5-11H,1-4H3,(H2,20,21)(H,24,25). The topological polar surface area (TPSA) is 93.6 Å². The molecule has 0 saturated carbocycles. The van der Waals surface area contributed by atoms with Crippen LogP contribution in [0.5, 0.6) is 11.5 Å². The molecule has 0 spiro atoms. The fourth-order valence-corrected chi connectivity index (χ4v) is 2.86. The van der Waals surface area contributed by atoms with Crippen LogP contribution < -0.4 is 15.4 Å². The van der Waals surface area contributed by atoms with Crippen LogP contribution >= 0.6 is 0 Å². The van der Waals surface area contributed by atoms with Gasteiger partial charge in [0.05, 0.1) is 16.7 Å². The smallest absolute Gasteiger partial charge is 0.412 e. The van der Waals surface area contributed by atoms with Crippen molar-refractivity contribution in [2.45, 2.75) is 26.3 Å². The molecular formula is C19H22N4O3. The molecule has 0 atom stereocenters. The molecule has 3 aromatic rings. The number of amides is 1. The Labute approximate surface area is 151 Å². The summed E-state index contributed by atoms with van der Waals surface area (Å²) >= 11 is 0. The molecule has 0 radical (unpaired) electrons. The zero-order valence-electron chi connectivity index (χ0n) is 15.2. The average Bonchev–Trinajstić information content (AvgIpc) is 2.81. The number of rotatable bonds is 3. The minimum Gasteiger partial charge on any atom is -0.465 e. The molecule has 0 aliphatic rings. The summed E-state index contributed by atoms with van der Waals surface area (Å²) in [5, 5.41) is 9.56. The molecule has 26 heavy (non-hydrogen) atoms. The van der Waals surface area contributed by atoms with E-state index in [0.717, 1.165) is 11.0 Å². The number of benzene rings is 2. The first-order valence-corrected chi connectivity index (χ1v) is 8.20. The summed E-state index contributed by atoms with van der Waals surface area (Å²) in [6.07, 6.45) is -1.01. The molecular weight excluding hydrogens is 332 g/mol. The SMILES string of the molecule is Cn1c(N)nc2ccc(Oc3cccc(N(C(=O)O)C(C)(C)C)c3)cc21. The number of carbonyl (C=O) groups is 1. The normalized spacial score (nSPS) is 11.5. The van der Waals surface area contributed by atoms with E-state index < -0.39 is 11.6 Å². The van der Waals surface area contributed by atoms with Crippen LogP contribution in [0.25, 0.3) is 11.0 Å². The molecule has 0 bridgehead atoms. The molecule has 0 aliphatic heterocycles. The Balaban J connectivity index is 1.94. The number of carboxylic acid groups (broad SMARTS) is 1. The lowest BCUT2D eigenvalue weighted by Gasteiger charge is -2.33. The van der Waals surface area contributed by atoms with Gasteiger partial charge in [-0.05, 0) is 45.0 Å². The summed E-state index contributed by atoms with van der Waals surface area (Å²) < 4.78 is 7.71. The Hall–Kier alpha value is -3.22. The third kappa shape index (κ3) is 3.28. The largest absolute Gasteiger partial charge is 0.465 e. The summed E-state index contributed by atoms with van der Waals surface area (Å²) in [5.74, 6) is 1.60. The van der Waals surface area contributed by atoms with Crippen molar-refractivity contribution in [2.75, 3.05) is 10.6 Å². The molecule has 2 aromatic carbocycles. The number of nitrogens with zero attached hydrogens (tertiary/aromatic N) is 3. The maximum absolute atomic E-state index is 11.7. The predicted molar refractivity (Wildman–Crippen MR) is 102 cm³/mol. The van der Waals surface area contributed by atoms with E-state index in [-0.39, 0.29) is 0 Å². The van der Waals surface area contributed by atoms with Gasteiger partial charge in [-0.2, -0.15) is 0 Å². The second kappa shape index (κ2) is 6.25. The fourth-order valence-electron chi connectivity index (χ4n) is 2.86. The first-order valence-electron chi connectivity index (χ1n) is 8.20. The Kier molecular flexibility index (Phi) is 4.23. The van der Waals surface area contributed by atoms with Gasteiger partial charge >= 0.3 is 6.09 Å². The van der Waals surface area contributed by atoms with Crippen molar-refractivity contribution in [1.29, 1.82) is 0 Å². The summed E-state index contributed by atoms with van der Waals surface area (Å²) in [6, 6.07) is 12.5. The lowest BCUT2D eigenvalue weighted by molar-refractivity contribution is 0.195. The molecule has 136 valence electrons. The number of anilines is 2. The Bertz CT molecular complexity index is 973. The minimum absolute atomic E-state index is 0.432. The highest BCUT2D eigenvalue weighted by molar-refractivity contribution is 5.88. The number of aryl methyl sites for hydroxylation is 1. The Morgan fingerprint density at radius 3 is 2.54 bits per heavy atom. The van der Waals surface area contributed by atoms with Crippen molar-refractivity contribution in [3.8, 4) is 11.5 Å². The second-order valence-electron chi connectivity index (χ2n) is 7.07. The lowest BCUT2D eigenvalue weighted by Crippen LogP contribution is -2.45. The number of hydrogen-bond donors (Lipinski definition) is 2. The number of ether oxygens (including phenoxy) is 1. The molecule has 7 nitrogen and oxygen atoms in total. The van der Waals surface area contributed by atoms with E-state index >= 15 is 0 Å². The quantitative estimate of drug-likeness (QED) is 0.734. The van der Waals surface area contributed by atoms with E-state index in [0.29, 0.717) is 23.1 Å². The predicted octanol–water partition coefficient (Wildman–Crippen LogP) is 4.23. The molecule has 0 fully saturated rings. The van der Waals surface area contributed by atoms with Gasteiger partial charge in [-0.1, -0.05) is 6.07 Å². The van der Waals surface area contributed by atoms with E-state index in [1.54, 1.807) is 34.9 Å². The summed E-state index contributed by atoms with van der Waals surface area (Å²) in [5.41, 5.74) is 7.45. The zero-order valence-corrected chi connectivity index (χ0v) is 15.2. The van der Waals surface area contributed by atoms with Crippen LogP contribution in [-0.2, 0) is 7.05 Å². The van der Waals surface area contributed by atoms with Crippen LogP contribution in [0.4, 0.5) is 16.4 Å². The molecule has 0 aliphatic carbocycles. The van der Waals surface area contributed by atoms with E-state index in [9.17, 15) is 9.90 Å². The number of aromatic nitrogens is 2. The number of hydrogen-bond acceptors (Lipinski definition) is 4. The maximum atomic E-state index is 11.7. The molecule has 1 heterocycles. The zero-order chi connectivity index (χ0) is 19.1. The molecule has 0 saturated heterocycles. The van der Waals surface area contributed by atoms with Gasteiger partial charge in [0.15, 0.2) is 0 Å². The van der Waals surface area contributed by atoms with E-state index in [1.165, 1.54) is 4.90 Å². The van der Waals surface area contributed by atoms with Crippen LogP contribution in [0.3, 0.4) is 0 Å². The fraction of sp³-hybridized carbons (Fsp3) is 0.263. The summed E-state index contributed by atoms with van der Waals surface area (Å²) in [4.78, 5) is 17.2. The summed E-state index contributed by atoms with van der Waals surface area (Å²) in [7, 11) is 1.84. The van der Waals surface area contributed by atoms with Crippen molar-refractivity contribution < 1.29 is 14.6 Å². The highest BCUT2D eigenvalue weighted by Crippen LogP contribution is 2.31. The van der Waals surface area contributed by atoms with Gasteiger partial charge in [0.25, 0.3) is 0 Å². The van der Waals surface area contributed by atoms with Gasteiger partial charge in [-0.3, -0.25) is 4.90 Å². The molecule has 1 amide bonds. The monoisotopic (exact) mass is 354 g/mol. The van der Waals surface area contributed by atoms with Crippen LogP contribution in [0.15, 0.2) is 42.5 Å². The molecule has 0 unspecified atom stereocenters. The van der Waals surface area contributed by atoms with Gasteiger partial charge < -0.3 is 20.1 Å². The number of imidazole rings is 1. The van der Waals surface area contributed by atoms with E-state index in [2.05, 4.69) is 4.98 Å². The molecule has 3 rings (SSSR count). The van der Waals surface area contributed by atoms with Gasteiger partial charge in [0.2, 0.25) is 5.95 Å². The highest BCUT2D eigenvalue weighted by Gasteiger charge is 2.28. The van der Waals surface area contributed by atoms with Crippen LogP contribution in [0.2, 0.25) is 0 Å². The molecule has 3 N–H and O–H groups in total. The van der Waals surface area contributed by atoms with Crippen molar-refractivity contribution in [1.82, 2.24) is 9.55 Å². The highest BCUT2D eigenvalue weighted by atomic mass is 16.5. The molecule has 7 heteroatoms. The Morgan fingerprint density at radius 1 is 1.19 bits per heavy atom. The minimum atomic E-state index is -1.01.